The average molecular weight is 388 g/mol. The molecule has 0 atom stereocenters. The molecule has 0 bridgehead atoms. The minimum atomic E-state index is -0.496. The lowest BCUT2D eigenvalue weighted by atomic mass is 10.2. The summed E-state index contributed by atoms with van der Waals surface area (Å²) in [4.78, 5) is 27.4. The van der Waals surface area contributed by atoms with Crippen LogP contribution in [0.25, 0.3) is 15.7 Å². The molecule has 0 amide bonds. The number of nitro benzene ring substituents is 1. The van der Waals surface area contributed by atoms with E-state index in [2.05, 4.69) is 4.98 Å². The number of aromatic nitrogens is 2. The molecule has 26 heavy (non-hydrogen) atoms. The van der Waals surface area contributed by atoms with Gasteiger partial charge in [-0.15, -0.1) is 11.3 Å². The number of rotatable bonds is 4. The zero-order valence-electron chi connectivity index (χ0n) is 13.1. The SMILES string of the molecule is O=C(OCc1cn2cc(Cl)ccc2n1)c1cc2cc([N+](=O)[O-])ccc2s1. The van der Waals surface area contributed by atoms with Crippen molar-refractivity contribution in [1.82, 2.24) is 9.38 Å². The Morgan fingerprint density at radius 1 is 1.27 bits per heavy atom. The second-order valence-corrected chi connectivity index (χ2v) is 7.03. The number of nitro groups is 1. The maximum atomic E-state index is 12.3. The van der Waals surface area contributed by atoms with Gasteiger partial charge in [0.2, 0.25) is 0 Å². The molecule has 7 nitrogen and oxygen atoms in total. The lowest BCUT2D eigenvalue weighted by Gasteiger charge is -1.99. The molecule has 0 radical (unpaired) electrons. The predicted octanol–water partition coefficient (Wildman–Crippen LogP) is 4.47. The van der Waals surface area contributed by atoms with Gasteiger partial charge in [-0.1, -0.05) is 11.6 Å². The topological polar surface area (TPSA) is 86.7 Å². The molecule has 0 spiro atoms. The molecule has 4 rings (SSSR count). The normalized spacial score (nSPS) is 11.1. The quantitative estimate of drug-likeness (QED) is 0.293. The van der Waals surface area contributed by atoms with Crippen LogP contribution in [0.4, 0.5) is 5.69 Å². The molecule has 9 heteroatoms. The van der Waals surface area contributed by atoms with Gasteiger partial charge in [0.25, 0.3) is 5.69 Å². The Morgan fingerprint density at radius 2 is 2.12 bits per heavy atom. The minimum absolute atomic E-state index is 0.0152. The van der Waals surface area contributed by atoms with Crippen molar-refractivity contribution in [3.8, 4) is 0 Å². The van der Waals surface area contributed by atoms with Crippen LogP contribution >= 0.6 is 22.9 Å². The first kappa shape index (κ1) is 16.5. The summed E-state index contributed by atoms with van der Waals surface area (Å²) in [6, 6.07) is 9.58. The fraction of sp³-hybridized carbons (Fsp3) is 0.0588. The molecule has 0 saturated carbocycles. The molecule has 130 valence electrons. The van der Waals surface area contributed by atoms with Gasteiger partial charge < -0.3 is 9.14 Å². The van der Waals surface area contributed by atoms with Gasteiger partial charge >= 0.3 is 5.97 Å². The summed E-state index contributed by atoms with van der Waals surface area (Å²) in [6.07, 6.45) is 3.46. The van der Waals surface area contributed by atoms with Crippen molar-refractivity contribution in [2.45, 2.75) is 6.61 Å². The van der Waals surface area contributed by atoms with Crippen molar-refractivity contribution >= 4 is 50.3 Å². The van der Waals surface area contributed by atoms with E-state index in [9.17, 15) is 14.9 Å². The van der Waals surface area contributed by atoms with Gasteiger partial charge in [0.15, 0.2) is 0 Å². The molecular weight excluding hydrogens is 378 g/mol. The Bertz CT molecular complexity index is 1170. The van der Waals surface area contributed by atoms with Crippen LogP contribution in [0.1, 0.15) is 15.4 Å². The van der Waals surface area contributed by atoms with E-state index >= 15 is 0 Å². The summed E-state index contributed by atoms with van der Waals surface area (Å²) in [6.45, 7) is 0.0204. The van der Waals surface area contributed by atoms with Crippen LogP contribution in [0.2, 0.25) is 5.02 Å². The van der Waals surface area contributed by atoms with Crippen molar-refractivity contribution in [1.29, 1.82) is 0 Å². The Hall–Kier alpha value is -2.97. The molecule has 0 saturated heterocycles. The summed E-state index contributed by atoms with van der Waals surface area (Å²) in [5.74, 6) is -0.496. The molecule has 0 aliphatic carbocycles. The van der Waals surface area contributed by atoms with Crippen molar-refractivity contribution < 1.29 is 14.5 Å². The minimum Gasteiger partial charge on any atom is -0.455 e. The third kappa shape index (κ3) is 3.12. The van der Waals surface area contributed by atoms with E-state index in [0.717, 1.165) is 4.70 Å². The average Bonchev–Trinajstić information content (AvgIpc) is 3.21. The van der Waals surface area contributed by atoms with Crippen LogP contribution in [-0.4, -0.2) is 20.3 Å². The highest BCUT2D eigenvalue weighted by Gasteiger charge is 2.15. The van der Waals surface area contributed by atoms with E-state index < -0.39 is 10.9 Å². The fourth-order valence-corrected chi connectivity index (χ4v) is 3.65. The van der Waals surface area contributed by atoms with Crippen LogP contribution in [0.3, 0.4) is 0 Å². The monoisotopic (exact) mass is 387 g/mol. The second kappa shape index (κ2) is 6.40. The second-order valence-electron chi connectivity index (χ2n) is 5.51. The zero-order chi connectivity index (χ0) is 18.3. The summed E-state index contributed by atoms with van der Waals surface area (Å²) >= 11 is 7.16. The Morgan fingerprint density at radius 3 is 2.92 bits per heavy atom. The van der Waals surface area contributed by atoms with Crippen molar-refractivity contribution in [3.63, 3.8) is 0 Å². The van der Waals surface area contributed by atoms with Crippen LogP contribution in [0.15, 0.2) is 48.8 Å². The maximum absolute atomic E-state index is 12.3. The first-order valence-electron chi connectivity index (χ1n) is 7.48. The van der Waals surface area contributed by atoms with Gasteiger partial charge in [0, 0.05) is 34.6 Å². The van der Waals surface area contributed by atoms with E-state index in [-0.39, 0.29) is 12.3 Å². The highest BCUT2D eigenvalue weighted by Crippen LogP contribution is 2.29. The molecule has 3 aromatic heterocycles. The highest BCUT2D eigenvalue weighted by atomic mass is 35.5. The van der Waals surface area contributed by atoms with Crippen LogP contribution < -0.4 is 0 Å². The van der Waals surface area contributed by atoms with Gasteiger partial charge in [0.1, 0.15) is 17.1 Å². The number of esters is 1. The third-order valence-electron chi connectivity index (χ3n) is 3.73. The molecule has 4 aromatic rings. The maximum Gasteiger partial charge on any atom is 0.348 e. The van der Waals surface area contributed by atoms with Crippen molar-refractivity contribution in [2.75, 3.05) is 0 Å². The van der Waals surface area contributed by atoms with E-state index in [1.165, 1.54) is 23.5 Å². The zero-order valence-corrected chi connectivity index (χ0v) is 14.7. The number of hydrogen-bond acceptors (Lipinski definition) is 6. The standard InChI is InChI=1S/C17H10ClN3O4S/c18-11-1-4-16-19-12(8-20(16)7-11)9-25-17(22)15-6-10-5-13(21(23)24)2-3-14(10)26-15/h1-8H,9H2. The van der Waals surface area contributed by atoms with Crippen LogP contribution in [0, 0.1) is 10.1 Å². The first-order valence-corrected chi connectivity index (χ1v) is 8.67. The summed E-state index contributed by atoms with van der Waals surface area (Å²) in [5, 5.41) is 12.1. The molecule has 3 heterocycles. The molecule has 0 N–H and O–H groups in total. The Kier molecular flexibility index (Phi) is 4.06. The number of fused-ring (bicyclic) bond motifs is 2. The molecule has 0 unspecified atom stereocenters. The number of pyridine rings is 1. The van der Waals surface area contributed by atoms with Crippen LogP contribution in [-0.2, 0) is 11.3 Å². The van der Waals surface area contributed by atoms with Crippen molar-refractivity contribution in [3.05, 3.63) is 74.5 Å². The van der Waals surface area contributed by atoms with Gasteiger partial charge in [-0.05, 0) is 24.3 Å². The summed E-state index contributed by atoms with van der Waals surface area (Å²) < 4.78 is 7.85. The number of thiophene rings is 1. The number of carbonyl (C=O) groups is 1. The number of hydrogen-bond donors (Lipinski definition) is 0. The van der Waals surface area contributed by atoms with E-state index in [1.54, 1.807) is 41.1 Å². The van der Waals surface area contributed by atoms with Gasteiger partial charge in [-0.2, -0.15) is 0 Å². The molecule has 0 fully saturated rings. The number of imidazole rings is 1. The van der Waals surface area contributed by atoms with Gasteiger partial charge in [-0.25, -0.2) is 9.78 Å². The highest BCUT2D eigenvalue weighted by molar-refractivity contribution is 7.20. The molecular formula is C17H10ClN3O4S. The van der Waals surface area contributed by atoms with Crippen LogP contribution in [0.5, 0.6) is 0 Å². The molecule has 0 aliphatic rings. The smallest absolute Gasteiger partial charge is 0.348 e. The lowest BCUT2D eigenvalue weighted by molar-refractivity contribution is -0.384. The summed E-state index contributed by atoms with van der Waals surface area (Å²) in [7, 11) is 0. The number of nitrogens with zero attached hydrogens (tertiary/aromatic N) is 3. The molecule has 1 aromatic carbocycles. The van der Waals surface area contributed by atoms with E-state index in [0.29, 0.717) is 26.6 Å². The largest absolute Gasteiger partial charge is 0.455 e. The van der Waals surface area contributed by atoms with E-state index in [4.69, 9.17) is 16.3 Å². The summed E-state index contributed by atoms with van der Waals surface area (Å²) in [5.41, 5.74) is 1.28. The lowest BCUT2D eigenvalue weighted by Crippen LogP contribution is -2.03. The number of carbonyl (C=O) groups excluding carboxylic acids is 1. The number of benzene rings is 1. The van der Waals surface area contributed by atoms with Gasteiger partial charge in [-0.3, -0.25) is 10.1 Å². The van der Waals surface area contributed by atoms with Crippen molar-refractivity contribution in [2.24, 2.45) is 0 Å². The predicted molar refractivity (Wildman–Crippen MR) is 97.8 cm³/mol. The Balaban J connectivity index is 1.51. The number of halogens is 1. The number of non-ortho nitro benzene ring substituents is 1. The fourth-order valence-electron chi connectivity index (χ4n) is 2.54. The van der Waals surface area contributed by atoms with Gasteiger partial charge in [0.05, 0.1) is 15.6 Å². The first-order chi connectivity index (χ1) is 12.5. The third-order valence-corrected chi connectivity index (χ3v) is 5.05. The van der Waals surface area contributed by atoms with E-state index in [1.807, 2.05) is 0 Å². The Labute approximate surface area is 155 Å². The number of ether oxygens (including phenoxy) is 1. The molecule has 0 aliphatic heterocycles.